The summed E-state index contributed by atoms with van der Waals surface area (Å²) in [6.45, 7) is 3.23. The Morgan fingerprint density at radius 1 is 1.38 bits per heavy atom. The van der Waals surface area contributed by atoms with E-state index in [1.165, 1.54) is 12.1 Å². The van der Waals surface area contributed by atoms with Crippen molar-refractivity contribution in [2.24, 2.45) is 0 Å². The number of piperidine rings is 1. The van der Waals surface area contributed by atoms with Crippen LogP contribution in [0.3, 0.4) is 0 Å². The van der Waals surface area contributed by atoms with Crippen LogP contribution < -0.4 is 0 Å². The number of carboxylic acid groups (broad SMARTS) is 1. The van der Waals surface area contributed by atoms with Crippen molar-refractivity contribution < 1.29 is 14.8 Å². The van der Waals surface area contributed by atoms with Gasteiger partial charge in [-0.15, -0.1) is 0 Å². The molecule has 0 spiro atoms. The Kier molecular flexibility index (Phi) is 4.57. The highest BCUT2D eigenvalue weighted by Crippen LogP contribution is 2.26. The molecule has 1 aromatic carbocycles. The number of hydrogen-bond acceptors (Lipinski definition) is 4. The Morgan fingerprint density at radius 3 is 2.62 bits per heavy atom. The zero-order valence-electron chi connectivity index (χ0n) is 12.1. The largest absolute Gasteiger partial charge is 0.480 e. The summed E-state index contributed by atoms with van der Waals surface area (Å²) in [6, 6.07) is 6.23. The normalized spacial score (nSPS) is 18.9. The fourth-order valence-electron chi connectivity index (χ4n) is 2.89. The fraction of sp³-hybridized carbons (Fsp3) is 0.533. The van der Waals surface area contributed by atoms with Gasteiger partial charge in [0.1, 0.15) is 5.54 Å². The van der Waals surface area contributed by atoms with Crippen LogP contribution in [0.5, 0.6) is 0 Å². The van der Waals surface area contributed by atoms with Gasteiger partial charge in [0.25, 0.3) is 5.69 Å². The lowest BCUT2D eigenvalue weighted by molar-refractivity contribution is -0.384. The lowest BCUT2D eigenvalue weighted by Crippen LogP contribution is -2.55. The van der Waals surface area contributed by atoms with Crippen molar-refractivity contribution in [3.05, 3.63) is 39.9 Å². The highest BCUT2D eigenvalue weighted by Gasteiger charge is 2.40. The summed E-state index contributed by atoms with van der Waals surface area (Å²) >= 11 is 0. The van der Waals surface area contributed by atoms with E-state index < -0.39 is 16.4 Å². The molecular weight excluding hydrogens is 272 g/mol. The lowest BCUT2D eigenvalue weighted by Gasteiger charge is -2.40. The van der Waals surface area contributed by atoms with Crippen LogP contribution in [-0.2, 0) is 11.2 Å². The van der Waals surface area contributed by atoms with Crippen LogP contribution in [-0.4, -0.2) is 39.5 Å². The zero-order chi connectivity index (χ0) is 15.5. The van der Waals surface area contributed by atoms with Crippen molar-refractivity contribution in [3.8, 4) is 0 Å². The van der Waals surface area contributed by atoms with Gasteiger partial charge in [-0.25, -0.2) is 0 Å². The average Bonchev–Trinajstić information content (AvgIpc) is 2.48. The van der Waals surface area contributed by atoms with E-state index in [4.69, 9.17) is 0 Å². The minimum Gasteiger partial charge on any atom is -0.480 e. The van der Waals surface area contributed by atoms with Gasteiger partial charge in [0.05, 0.1) is 4.92 Å². The van der Waals surface area contributed by atoms with Gasteiger partial charge < -0.3 is 5.11 Å². The maximum atomic E-state index is 11.8. The van der Waals surface area contributed by atoms with Gasteiger partial charge in [0.15, 0.2) is 0 Å². The average molecular weight is 292 g/mol. The summed E-state index contributed by atoms with van der Waals surface area (Å²) in [5.74, 6) is -0.879. The number of nitro benzene ring substituents is 1. The van der Waals surface area contributed by atoms with Crippen LogP contribution in [0.2, 0.25) is 0 Å². The smallest absolute Gasteiger partial charge is 0.324 e. The van der Waals surface area contributed by atoms with Gasteiger partial charge >= 0.3 is 5.97 Å². The number of benzene rings is 1. The molecule has 1 aromatic rings. The first-order chi connectivity index (χ1) is 9.93. The number of nitrogens with zero attached hydrogens (tertiary/aromatic N) is 2. The second kappa shape index (κ2) is 6.22. The van der Waals surface area contributed by atoms with Gasteiger partial charge in [-0.05, 0) is 38.4 Å². The number of aliphatic carboxylic acids is 1. The second-order valence-corrected chi connectivity index (χ2v) is 5.73. The van der Waals surface area contributed by atoms with E-state index in [0.29, 0.717) is 5.56 Å². The third-order valence-electron chi connectivity index (χ3n) is 4.18. The number of hydrogen-bond donors (Lipinski definition) is 1. The van der Waals surface area contributed by atoms with E-state index in [0.717, 1.165) is 32.4 Å². The maximum Gasteiger partial charge on any atom is 0.324 e. The predicted molar refractivity (Wildman–Crippen MR) is 78.3 cm³/mol. The number of nitro groups is 1. The minimum absolute atomic E-state index is 0.00103. The molecule has 1 aliphatic heterocycles. The van der Waals surface area contributed by atoms with Crippen molar-refractivity contribution in [1.29, 1.82) is 0 Å². The molecule has 1 fully saturated rings. The fourth-order valence-corrected chi connectivity index (χ4v) is 2.89. The first-order valence-electron chi connectivity index (χ1n) is 7.15. The summed E-state index contributed by atoms with van der Waals surface area (Å²) in [4.78, 5) is 24.1. The molecule has 21 heavy (non-hydrogen) atoms. The Bertz CT molecular complexity index is 540. The molecule has 0 bridgehead atoms. The Balaban J connectivity index is 2.25. The van der Waals surface area contributed by atoms with Crippen molar-refractivity contribution in [1.82, 2.24) is 4.90 Å². The standard InChI is InChI=1S/C15H20N2O4/c1-15(14(18)19,16-8-3-2-4-9-16)11-12-6-5-7-13(10-12)17(20)21/h5-7,10H,2-4,8-9,11H2,1H3,(H,18,19). The molecule has 0 aromatic heterocycles. The van der Waals surface area contributed by atoms with Crippen LogP contribution in [0.15, 0.2) is 24.3 Å². The topological polar surface area (TPSA) is 83.7 Å². The Labute approximate surface area is 123 Å². The summed E-state index contributed by atoms with van der Waals surface area (Å²) in [5, 5.41) is 20.5. The van der Waals surface area contributed by atoms with Gasteiger partial charge in [-0.3, -0.25) is 19.8 Å². The van der Waals surface area contributed by atoms with Gasteiger partial charge in [-0.2, -0.15) is 0 Å². The molecule has 1 aliphatic rings. The monoisotopic (exact) mass is 292 g/mol. The molecule has 1 atom stereocenters. The molecule has 1 unspecified atom stereocenters. The number of non-ortho nitro benzene ring substituents is 1. The van der Waals surface area contributed by atoms with E-state index in [9.17, 15) is 20.0 Å². The number of carbonyl (C=O) groups is 1. The molecule has 0 aliphatic carbocycles. The Hall–Kier alpha value is -1.95. The van der Waals surface area contributed by atoms with Crippen LogP contribution in [0.1, 0.15) is 31.7 Å². The first kappa shape index (κ1) is 15.4. The number of rotatable bonds is 5. The molecule has 6 nitrogen and oxygen atoms in total. The van der Waals surface area contributed by atoms with Gasteiger partial charge in [-0.1, -0.05) is 18.6 Å². The number of carboxylic acids is 1. The third kappa shape index (κ3) is 3.39. The highest BCUT2D eigenvalue weighted by atomic mass is 16.6. The lowest BCUT2D eigenvalue weighted by atomic mass is 9.89. The molecule has 6 heteroatoms. The summed E-state index contributed by atoms with van der Waals surface area (Å²) in [7, 11) is 0. The number of likely N-dealkylation sites (tertiary alicyclic amines) is 1. The molecule has 1 saturated heterocycles. The van der Waals surface area contributed by atoms with Crippen molar-refractivity contribution in [2.45, 2.75) is 38.1 Å². The third-order valence-corrected chi connectivity index (χ3v) is 4.18. The molecule has 0 saturated carbocycles. The Morgan fingerprint density at radius 2 is 2.05 bits per heavy atom. The van der Waals surface area contributed by atoms with Crippen LogP contribution >= 0.6 is 0 Å². The van der Waals surface area contributed by atoms with E-state index in [1.54, 1.807) is 19.1 Å². The zero-order valence-corrected chi connectivity index (χ0v) is 12.1. The molecule has 0 radical (unpaired) electrons. The van der Waals surface area contributed by atoms with E-state index >= 15 is 0 Å². The quantitative estimate of drug-likeness (QED) is 0.665. The molecule has 0 amide bonds. The molecule has 1 heterocycles. The first-order valence-corrected chi connectivity index (χ1v) is 7.15. The molecule has 1 N–H and O–H groups in total. The molecule has 2 rings (SSSR count). The highest BCUT2D eigenvalue weighted by molar-refractivity contribution is 5.78. The van der Waals surface area contributed by atoms with Crippen molar-refractivity contribution in [2.75, 3.05) is 13.1 Å². The van der Waals surface area contributed by atoms with Gasteiger partial charge in [0, 0.05) is 18.6 Å². The van der Waals surface area contributed by atoms with E-state index in [-0.39, 0.29) is 12.1 Å². The minimum atomic E-state index is -1.02. The van der Waals surface area contributed by atoms with Crippen molar-refractivity contribution in [3.63, 3.8) is 0 Å². The summed E-state index contributed by atoms with van der Waals surface area (Å²) < 4.78 is 0. The van der Waals surface area contributed by atoms with E-state index in [2.05, 4.69) is 0 Å². The van der Waals surface area contributed by atoms with Crippen molar-refractivity contribution >= 4 is 11.7 Å². The van der Waals surface area contributed by atoms with Crippen LogP contribution in [0.25, 0.3) is 0 Å². The summed E-state index contributed by atoms with van der Waals surface area (Å²) in [5.41, 5.74) is -0.339. The molecular formula is C15H20N2O4. The van der Waals surface area contributed by atoms with E-state index in [1.807, 2.05) is 4.90 Å². The maximum absolute atomic E-state index is 11.8. The SMILES string of the molecule is CC(Cc1cccc([N+](=O)[O-])c1)(C(=O)O)N1CCCCC1. The van der Waals surface area contributed by atoms with Crippen LogP contribution in [0.4, 0.5) is 5.69 Å². The molecule has 114 valence electrons. The predicted octanol–water partition coefficient (Wildman–Crippen LogP) is 2.47. The van der Waals surface area contributed by atoms with Gasteiger partial charge in [0.2, 0.25) is 0 Å². The summed E-state index contributed by atoms with van der Waals surface area (Å²) in [6.07, 6.45) is 3.39. The second-order valence-electron chi connectivity index (χ2n) is 5.73. The van der Waals surface area contributed by atoms with Crippen LogP contribution in [0, 0.1) is 10.1 Å².